The van der Waals surface area contributed by atoms with Gasteiger partial charge in [0.1, 0.15) is 6.54 Å². The number of halogens is 3. The maximum atomic E-state index is 12.4. The molecule has 1 aliphatic heterocycles. The van der Waals surface area contributed by atoms with Crippen molar-refractivity contribution in [2.45, 2.75) is 44.3 Å². The van der Waals surface area contributed by atoms with Gasteiger partial charge in [-0.05, 0) is 32.1 Å². The van der Waals surface area contributed by atoms with E-state index in [2.05, 4.69) is 0 Å². The zero-order valence-electron chi connectivity index (χ0n) is 9.67. The third-order valence-electron chi connectivity index (χ3n) is 3.21. The molecule has 0 aromatic heterocycles. The van der Waals surface area contributed by atoms with Gasteiger partial charge in [0.15, 0.2) is 0 Å². The SMILES string of the molecule is O=C(N1CCCCC1)N(CC(F)(F)F)C1CC1. The molecule has 0 atom stereocenters. The van der Waals surface area contributed by atoms with E-state index in [1.165, 1.54) is 0 Å². The Kier molecular flexibility index (Phi) is 3.49. The molecule has 1 heterocycles. The second-order valence-corrected chi connectivity index (χ2v) is 4.80. The van der Waals surface area contributed by atoms with Crippen molar-refractivity contribution >= 4 is 6.03 Å². The fourth-order valence-corrected chi connectivity index (χ4v) is 2.20. The van der Waals surface area contributed by atoms with Crippen LogP contribution in [0.25, 0.3) is 0 Å². The first-order valence-electron chi connectivity index (χ1n) is 6.10. The van der Waals surface area contributed by atoms with Crippen molar-refractivity contribution in [3.63, 3.8) is 0 Å². The number of nitrogens with zero attached hydrogens (tertiary/aromatic N) is 2. The van der Waals surface area contributed by atoms with E-state index in [-0.39, 0.29) is 6.04 Å². The van der Waals surface area contributed by atoms with Crippen molar-refractivity contribution in [1.82, 2.24) is 9.80 Å². The van der Waals surface area contributed by atoms with Crippen molar-refractivity contribution in [1.29, 1.82) is 0 Å². The predicted molar refractivity (Wildman–Crippen MR) is 56.6 cm³/mol. The Labute approximate surface area is 98.6 Å². The molecule has 2 fully saturated rings. The lowest BCUT2D eigenvalue weighted by Crippen LogP contribution is -2.49. The van der Waals surface area contributed by atoms with Crippen molar-refractivity contribution < 1.29 is 18.0 Å². The number of carbonyl (C=O) groups is 1. The first-order valence-corrected chi connectivity index (χ1v) is 6.10. The van der Waals surface area contributed by atoms with Crippen LogP contribution in [0.15, 0.2) is 0 Å². The predicted octanol–water partition coefficient (Wildman–Crippen LogP) is 2.62. The minimum atomic E-state index is -4.30. The third-order valence-corrected chi connectivity index (χ3v) is 3.21. The molecule has 0 bridgehead atoms. The lowest BCUT2D eigenvalue weighted by molar-refractivity contribution is -0.142. The normalized spacial score (nSPS) is 21.5. The molecular formula is C11H17F3N2O. The summed E-state index contributed by atoms with van der Waals surface area (Å²) in [6, 6.07) is -0.615. The van der Waals surface area contributed by atoms with Crippen molar-refractivity contribution in [2.24, 2.45) is 0 Å². The summed E-state index contributed by atoms with van der Waals surface area (Å²) >= 11 is 0. The summed E-state index contributed by atoms with van der Waals surface area (Å²) in [6.07, 6.45) is -0.0294. The molecule has 98 valence electrons. The molecule has 2 amide bonds. The van der Waals surface area contributed by atoms with Crippen LogP contribution in [-0.2, 0) is 0 Å². The summed E-state index contributed by atoms with van der Waals surface area (Å²) in [5.41, 5.74) is 0. The van der Waals surface area contributed by atoms with E-state index >= 15 is 0 Å². The van der Waals surface area contributed by atoms with Gasteiger partial charge < -0.3 is 9.80 Å². The Hall–Kier alpha value is -0.940. The van der Waals surface area contributed by atoms with E-state index in [1.54, 1.807) is 4.90 Å². The molecule has 1 aliphatic carbocycles. The lowest BCUT2D eigenvalue weighted by Gasteiger charge is -2.33. The molecule has 2 rings (SSSR count). The maximum Gasteiger partial charge on any atom is 0.406 e. The van der Waals surface area contributed by atoms with E-state index in [0.717, 1.165) is 24.2 Å². The van der Waals surface area contributed by atoms with E-state index < -0.39 is 18.8 Å². The number of carbonyl (C=O) groups excluding carboxylic acids is 1. The van der Waals surface area contributed by atoms with Crippen molar-refractivity contribution in [3.8, 4) is 0 Å². The fraction of sp³-hybridized carbons (Fsp3) is 0.909. The van der Waals surface area contributed by atoms with Gasteiger partial charge in [0, 0.05) is 19.1 Å². The molecule has 1 saturated heterocycles. The number of rotatable bonds is 2. The number of hydrogen-bond acceptors (Lipinski definition) is 1. The lowest BCUT2D eigenvalue weighted by atomic mass is 10.1. The Balaban J connectivity index is 1.97. The number of likely N-dealkylation sites (tertiary alicyclic amines) is 1. The maximum absolute atomic E-state index is 12.4. The standard InChI is InChI=1S/C11H17F3N2O/c12-11(13,14)8-16(9-4-5-9)10(17)15-6-2-1-3-7-15/h9H,1-8H2. The monoisotopic (exact) mass is 250 g/mol. The van der Waals surface area contributed by atoms with Gasteiger partial charge >= 0.3 is 12.2 Å². The van der Waals surface area contributed by atoms with Crippen LogP contribution < -0.4 is 0 Å². The molecule has 6 heteroatoms. The Bertz CT molecular complexity index is 283. The second kappa shape index (κ2) is 4.74. The summed E-state index contributed by atoms with van der Waals surface area (Å²) in [5, 5.41) is 0. The summed E-state index contributed by atoms with van der Waals surface area (Å²) in [6.45, 7) is 0.0901. The van der Waals surface area contributed by atoms with Gasteiger partial charge in [-0.2, -0.15) is 13.2 Å². The van der Waals surface area contributed by atoms with Gasteiger partial charge in [-0.15, -0.1) is 0 Å². The third kappa shape index (κ3) is 3.51. The van der Waals surface area contributed by atoms with E-state index in [1.807, 2.05) is 0 Å². The summed E-state index contributed by atoms with van der Waals surface area (Å²) < 4.78 is 37.2. The van der Waals surface area contributed by atoms with Gasteiger partial charge in [0.05, 0.1) is 0 Å². The topological polar surface area (TPSA) is 23.6 Å². The smallest absolute Gasteiger partial charge is 0.325 e. The molecule has 17 heavy (non-hydrogen) atoms. The zero-order chi connectivity index (χ0) is 12.5. The Morgan fingerprint density at radius 3 is 2.24 bits per heavy atom. The minimum Gasteiger partial charge on any atom is -0.325 e. The number of piperidine rings is 1. The Morgan fingerprint density at radius 2 is 1.76 bits per heavy atom. The van der Waals surface area contributed by atoms with Gasteiger partial charge in [-0.1, -0.05) is 0 Å². The molecule has 0 N–H and O–H groups in total. The molecule has 2 aliphatic rings. The van der Waals surface area contributed by atoms with Crippen molar-refractivity contribution in [2.75, 3.05) is 19.6 Å². The largest absolute Gasteiger partial charge is 0.406 e. The number of amides is 2. The quantitative estimate of drug-likeness (QED) is 0.739. The van der Waals surface area contributed by atoms with Crippen molar-refractivity contribution in [3.05, 3.63) is 0 Å². The van der Waals surface area contributed by atoms with Crippen LogP contribution >= 0.6 is 0 Å². The zero-order valence-corrected chi connectivity index (χ0v) is 9.67. The van der Waals surface area contributed by atoms with Gasteiger partial charge in [0.25, 0.3) is 0 Å². The molecule has 1 saturated carbocycles. The average molecular weight is 250 g/mol. The summed E-state index contributed by atoms with van der Waals surface area (Å²) in [4.78, 5) is 14.6. The number of alkyl halides is 3. The van der Waals surface area contributed by atoms with E-state index in [4.69, 9.17) is 0 Å². The van der Waals surface area contributed by atoms with Crippen LogP contribution in [0, 0.1) is 0 Å². The molecule has 0 aromatic rings. The summed E-state index contributed by atoms with van der Waals surface area (Å²) in [7, 11) is 0. The molecular weight excluding hydrogens is 233 g/mol. The first-order chi connectivity index (χ1) is 7.97. The highest BCUT2D eigenvalue weighted by Gasteiger charge is 2.42. The molecule has 0 radical (unpaired) electrons. The molecule has 0 spiro atoms. The van der Waals surface area contributed by atoms with Crippen LogP contribution in [0.4, 0.5) is 18.0 Å². The van der Waals surface area contributed by atoms with Gasteiger partial charge in [-0.3, -0.25) is 0 Å². The second-order valence-electron chi connectivity index (χ2n) is 4.80. The number of hydrogen-bond donors (Lipinski definition) is 0. The highest BCUT2D eigenvalue weighted by Crippen LogP contribution is 2.31. The average Bonchev–Trinajstić information content (AvgIpc) is 3.09. The molecule has 0 aromatic carbocycles. The summed E-state index contributed by atoms with van der Waals surface area (Å²) in [5.74, 6) is 0. The van der Waals surface area contributed by atoms with Crippen LogP contribution in [0.2, 0.25) is 0 Å². The fourth-order valence-electron chi connectivity index (χ4n) is 2.20. The highest BCUT2D eigenvalue weighted by molar-refractivity contribution is 5.75. The van der Waals surface area contributed by atoms with Crippen LogP contribution in [0.3, 0.4) is 0 Å². The van der Waals surface area contributed by atoms with Crippen LogP contribution in [-0.4, -0.2) is 47.7 Å². The number of urea groups is 1. The van der Waals surface area contributed by atoms with E-state index in [9.17, 15) is 18.0 Å². The van der Waals surface area contributed by atoms with Gasteiger partial charge in [0.2, 0.25) is 0 Å². The van der Waals surface area contributed by atoms with Crippen LogP contribution in [0.5, 0.6) is 0 Å². The van der Waals surface area contributed by atoms with Gasteiger partial charge in [-0.25, -0.2) is 4.79 Å². The first kappa shape index (κ1) is 12.5. The van der Waals surface area contributed by atoms with E-state index in [0.29, 0.717) is 25.9 Å². The molecule has 0 unspecified atom stereocenters. The molecule has 3 nitrogen and oxygen atoms in total. The van der Waals surface area contributed by atoms with Crippen LogP contribution in [0.1, 0.15) is 32.1 Å². The Morgan fingerprint density at radius 1 is 1.18 bits per heavy atom. The minimum absolute atomic E-state index is 0.189. The highest BCUT2D eigenvalue weighted by atomic mass is 19.4.